The SMILES string of the molecule is CC[C@H](C)CNC1CCN(C)CC1. The lowest BCUT2D eigenvalue weighted by molar-refractivity contribution is 0.230. The molecular weight excluding hydrogens is 160 g/mol. The largest absolute Gasteiger partial charge is 0.314 e. The van der Waals surface area contributed by atoms with E-state index in [0.29, 0.717) is 0 Å². The van der Waals surface area contributed by atoms with Gasteiger partial charge in [0.25, 0.3) is 0 Å². The van der Waals surface area contributed by atoms with Gasteiger partial charge in [0, 0.05) is 6.04 Å². The van der Waals surface area contributed by atoms with Gasteiger partial charge in [-0.3, -0.25) is 0 Å². The van der Waals surface area contributed by atoms with Crippen molar-refractivity contribution in [2.24, 2.45) is 5.92 Å². The highest BCUT2D eigenvalue weighted by molar-refractivity contribution is 4.75. The Bertz CT molecular complexity index is 128. The van der Waals surface area contributed by atoms with E-state index in [1.54, 1.807) is 0 Å². The second kappa shape index (κ2) is 5.61. The maximum atomic E-state index is 3.67. The Morgan fingerprint density at radius 2 is 2.00 bits per heavy atom. The number of likely N-dealkylation sites (tertiary alicyclic amines) is 1. The molecule has 0 amide bonds. The van der Waals surface area contributed by atoms with Crippen LogP contribution in [0, 0.1) is 5.92 Å². The molecule has 0 saturated carbocycles. The van der Waals surface area contributed by atoms with Crippen LogP contribution in [0.25, 0.3) is 0 Å². The molecule has 78 valence electrons. The summed E-state index contributed by atoms with van der Waals surface area (Å²) >= 11 is 0. The summed E-state index contributed by atoms with van der Waals surface area (Å²) in [5, 5.41) is 3.67. The second-order valence-corrected chi connectivity index (χ2v) is 4.50. The van der Waals surface area contributed by atoms with Crippen LogP contribution in [0.4, 0.5) is 0 Å². The van der Waals surface area contributed by atoms with Crippen molar-refractivity contribution < 1.29 is 0 Å². The topological polar surface area (TPSA) is 15.3 Å². The van der Waals surface area contributed by atoms with Crippen LogP contribution in [0.2, 0.25) is 0 Å². The summed E-state index contributed by atoms with van der Waals surface area (Å²) in [6.45, 7) is 8.31. The molecule has 0 aromatic heterocycles. The molecule has 0 bridgehead atoms. The van der Waals surface area contributed by atoms with Crippen molar-refractivity contribution in [3.8, 4) is 0 Å². The van der Waals surface area contributed by atoms with E-state index < -0.39 is 0 Å². The lowest BCUT2D eigenvalue weighted by Crippen LogP contribution is -2.42. The average molecular weight is 184 g/mol. The molecule has 1 atom stereocenters. The number of rotatable bonds is 4. The van der Waals surface area contributed by atoms with E-state index in [2.05, 4.69) is 31.1 Å². The van der Waals surface area contributed by atoms with Gasteiger partial charge in [-0.2, -0.15) is 0 Å². The molecule has 2 heteroatoms. The molecule has 1 N–H and O–H groups in total. The van der Waals surface area contributed by atoms with Crippen LogP contribution in [0.1, 0.15) is 33.1 Å². The minimum atomic E-state index is 0.783. The van der Waals surface area contributed by atoms with Crippen LogP contribution < -0.4 is 5.32 Å². The number of nitrogens with one attached hydrogen (secondary N) is 1. The molecule has 1 fully saturated rings. The van der Waals surface area contributed by atoms with Gasteiger partial charge < -0.3 is 10.2 Å². The molecule has 1 aliphatic rings. The molecule has 1 saturated heterocycles. The predicted octanol–water partition coefficient (Wildman–Crippen LogP) is 1.72. The van der Waals surface area contributed by atoms with E-state index in [-0.39, 0.29) is 0 Å². The normalized spacial score (nSPS) is 23.3. The first kappa shape index (κ1) is 11.0. The third-order valence-electron chi connectivity index (χ3n) is 3.17. The Morgan fingerprint density at radius 1 is 1.38 bits per heavy atom. The second-order valence-electron chi connectivity index (χ2n) is 4.50. The first-order valence-corrected chi connectivity index (χ1v) is 5.64. The molecule has 0 aromatic rings. The summed E-state index contributed by atoms with van der Waals surface area (Å²) in [6.07, 6.45) is 3.94. The quantitative estimate of drug-likeness (QED) is 0.715. The molecule has 13 heavy (non-hydrogen) atoms. The van der Waals surface area contributed by atoms with Gasteiger partial charge in [-0.25, -0.2) is 0 Å². The maximum absolute atomic E-state index is 3.67. The molecule has 0 unspecified atom stereocenters. The Balaban J connectivity index is 2.08. The van der Waals surface area contributed by atoms with Gasteiger partial charge in [0.05, 0.1) is 0 Å². The molecule has 0 aromatic carbocycles. The number of hydrogen-bond acceptors (Lipinski definition) is 2. The Labute approximate surface area is 82.7 Å². The highest BCUT2D eigenvalue weighted by atomic mass is 15.1. The molecule has 0 radical (unpaired) electrons. The fourth-order valence-electron chi connectivity index (χ4n) is 1.72. The van der Waals surface area contributed by atoms with Crippen molar-refractivity contribution in [2.45, 2.75) is 39.2 Å². The fraction of sp³-hybridized carbons (Fsp3) is 1.00. The summed E-state index contributed by atoms with van der Waals surface area (Å²) < 4.78 is 0. The standard InChI is InChI=1S/C11H24N2/c1-4-10(2)9-12-11-5-7-13(3)8-6-11/h10-12H,4-9H2,1-3H3/t10-/m0/s1. The van der Waals surface area contributed by atoms with Gasteiger partial charge in [-0.05, 0) is 45.4 Å². The summed E-state index contributed by atoms with van der Waals surface area (Å²) in [5.74, 6) is 0.833. The van der Waals surface area contributed by atoms with E-state index in [4.69, 9.17) is 0 Å². The first-order chi connectivity index (χ1) is 6.22. The smallest absolute Gasteiger partial charge is 0.00915 e. The number of nitrogens with zero attached hydrogens (tertiary/aromatic N) is 1. The van der Waals surface area contributed by atoms with Gasteiger partial charge in [0.2, 0.25) is 0 Å². The lowest BCUT2D eigenvalue weighted by Gasteiger charge is -2.30. The molecule has 2 nitrogen and oxygen atoms in total. The third kappa shape index (κ3) is 4.10. The van der Waals surface area contributed by atoms with E-state index in [1.807, 2.05) is 0 Å². The van der Waals surface area contributed by atoms with Crippen LogP contribution in [0.5, 0.6) is 0 Å². The maximum Gasteiger partial charge on any atom is 0.00915 e. The molecule has 1 aliphatic heterocycles. The zero-order valence-electron chi connectivity index (χ0n) is 9.34. The van der Waals surface area contributed by atoms with Crippen LogP contribution in [-0.2, 0) is 0 Å². The first-order valence-electron chi connectivity index (χ1n) is 5.64. The monoisotopic (exact) mass is 184 g/mol. The lowest BCUT2D eigenvalue weighted by atomic mass is 10.0. The molecule has 0 spiro atoms. The summed E-state index contributed by atoms with van der Waals surface area (Å²) in [5.41, 5.74) is 0. The molecule has 0 aliphatic carbocycles. The van der Waals surface area contributed by atoms with Gasteiger partial charge >= 0.3 is 0 Å². The van der Waals surface area contributed by atoms with Crippen molar-refractivity contribution in [1.82, 2.24) is 10.2 Å². The van der Waals surface area contributed by atoms with E-state index >= 15 is 0 Å². The van der Waals surface area contributed by atoms with Crippen molar-refractivity contribution in [1.29, 1.82) is 0 Å². The number of hydrogen-bond donors (Lipinski definition) is 1. The summed E-state index contributed by atoms with van der Waals surface area (Å²) in [4.78, 5) is 2.42. The molecule has 1 rings (SSSR count). The average Bonchev–Trinajstić information content (AvgIpc) is 2.16. The van der Waals surface area contributed by atoms with Crippen LogP contribution in [-0.4, -0.2) is 37.6 Å². The minimum Gasteiger partial charge on any atom is -0.314 e. The van der Waals surface area contributed by atoms with Gasteiger partial charge in [0.1, 0.15) is 0 Å². The van der Waals surface area contributed by atoms with E-state index in [0.717, 1.165) is 12.0 Å². The van der Waals surface area contributed by atoms with Crippen molar-refractivity contribution in [3.63, 3.8) is 0 Å². The van der Waals surface area contributed by atoms with E-state index in [1.165, 1.54) is 38.9 Å². The Kier molecular flexibility index (Phi) is 4.74. The van der Waals surface area contributed by atoms with Crippen molar-refractivity contribution in [2.75, 3.05) is 26.7 Å². The summed E-state index contributed by atoms with van der Waals surface area (Å²) in [6, 6.07) is 0.783. The van der Waals surface area contributed by atoms with Crippen molar-refractivity contribution in [3.05, 3.63) is 0 Å². The predicted molar refractivity (Wildman–Crippen MR) is 58.0 cm³/mol. The van der Waals surface area contributed by atoms with Crippen LogP contribution >= 0.6 is 0 Å². The third-order valence-corrected chi connectivity index (χ3v) is 3.17. The minimum absolute atomic E-state index is 0.783. The Morgan fingerprint density at radius 3 is 2.54 bits per heavy atom. The van der Waals surface area contributed by atoms with Crippen molar-refractivity contribution >= 4 is 0 Å². The van der Waals surface area contributed by atoms with Gasteiger partial charge in [-0.15, -0.1) is 0 Å². The zero-order chi connectivity index (χ0) is 9.68. The van der Waals surface area contributed by atoms with Gasteiger partial charge in [0.15, 0.2) is 0 Å². The zero-order valence-corrected chi connectivity index (χ0v) is 9.34. The van der Waals surface area contributed by atoms with E-state index in [9.17, 15) is 0 Å². The summed E-state index contributed by atoms with van der Waals surface area (Å²) in [7, 11) is 2.21. The number of piperidine rings is 1. The fourth-order valence-corrected chi connectivity index (χ4v) is 1.72. The van der Waals surface area contributed by atoms with Crippen LogP contribution in [0.3, 0.4) is 0 Å². The Hall–Kier alpha value is -0.0800. The van der Waals surface area contributed by atoms with Crippen LogP contribution in [0.15, 0.2) is 0 Å². The highest BCUT2D eigenvalue weighted by Gasteiger charge is 2.15. The van der Waals surface area contributed by atoms with Gasteiger partial charge in [-0.1, -0.05) is 20.3 Å². The highest BCUT2D eigenvalue weighted by Crippen LogP contribution is 2.09. The molecule has 1 heterocycles. The molecular formula is C11H24N2.